The molecule has 0 atom stereocenters. The van der Waals surface area contributed by atoms with Gasteiger partial charge in [-0.25, -0.2) is 9.37 Å². The van der Waals surface area contributed by atoms with Crippen LogP contribution in [0.1, 0.15) is 25.3 Å². The Bertz CT molecular complexity index is 774. The number of rotatable bonds is 2. The van der Waals surface area contributed by atoms with Crippen molar-refractivity contribution in [3.05, 3.63) is 53.8 Å². The topological polar surface area (TPSA) is 43.8 Å². The van der Waals surface area contributed by atoms with E-state index in [2.05, 4.69) is 31.0 Å². The second kappa shape index (κ2) is 4.63. The molecule has 0 saturated heterocycles. The number of nitrogens with zero attached hydrogens (tertiary/aromatic N) is 2. The van der Waals surface area contributed by atoms with E-state index >= 15 is 0 Å². The number of halogens is 1. The standard InChI is InChI=1S/C16H16FN3/c1-10(2)11-4-3-5-13(8-11)20-15-9-12(17)6-7-14(15)19-16(20)18/h3-10H,1-2H3,(H2,18,19). The van der Waals surface area contributed by atoms with E-state index in [0.29, 0.717) is 22.9 Å². The first kappa shape index (κ1) is 12.7. The summed E-state index contributed by atoms with van der Waals surface area (Å²) >= 11 is 0. The quantitative estimate of drug-likeness (QED) is 0.767. The summed E-state index contributed by atoms with van der Waals surface area (Å²) in [4.78, 5) is 4.28. The van der Waals surface area contributed by atoms with Gasteiger partial charge in [0.1, 0.15) is 5.82 Å². The molecule has 3 nitrogen and oxygen atoms in total. The monoisotopic (exact) mass is 269 g/mol. The van der Waals surface area contributed by atoms with Crippen LogP contribution in [-0.4, -0.2) is 9.55 Å². The molecule has 102 valence electrons. The van der Waals surface area contributed by atoms with Gasteiger partial charge in [0, 0.05) is 11.8 Å². The van der Waals surface area contributed by atoms with E-state index in [9.17, 15) is 4.39 Å². The SMILES string of the molecule is CC(C)c1cccc(-n2c(N)nc3ccc(F)cc32)c1. The Morgan fingerprint density at radius 1 is 1.15 bits per heavy atom. The molecule has 0 radical (unpaired) electrons. The van der Waals surface area contributed by atoms with E-state index in [1.165, 1.54) is 17.7 Å². The molecular formula is C16H16FN3. The summed E-state index contributed by atoms with van der Waals surface area (Å²) in [5.41, 5.74) is 9.48. The van der Waals surface area contributed by atoms with Gasteiger partial charge < -0.3 is 5.73 Å². The van der Waals surface area contributed by atoms with Crippen molar-refractivity contribution in [3.63, 3.8) is 0 Å². The number of anilines is 1. The largest absolute Gasteiger partial charge is 0.369 e. The van der Waals surface area contributed by atoms with Crippen LogP contribution in [0.2, 0.25) is 0 Å². The summed E-state index contributed by atoms with van der Waals surface area (Å²) < 4.78 is 15.2. The number of imidazole rings is 1. The van der Waals surface area contributed by atoms with Crippen molar-refractivity contribution in [1.82, 2.24) is 9.55 Å². The van der Waals surface area contributed by atoms with E-state index < -0.39 is 0 Å². The zero-order valence-corrected chi connectivity index (χ0v) is 11.5. The number of hydrogen-bond acceptors (Lipinski definition) is 2. The summed E-state index contributed by atoms with van der Waals surface area (Å²) in [5.74, 6) is 0.493. The van der Waals surface area contributed by atoms with Crippen LogP contribution in [-0.2, 0) is 0 Å². The van der Waals surface area contributed by atoms with Gasteiger partial charge in [-0.05, 0) is 35.7 Å². The predicted molar refractivity (Wildman–Crippen MR) is 79.5 cm³/mol. The van der Waals surface area contributed by atoms with Crippen molar-refractivity contribution in [2.45, 2.75) is 19.8 Å². The Kier molecular flexibility index (Phi) is 2.93. The first-order valence-corrected chi connectivity index (χ1v) is 6.60. The molecule has 4 heteroatoms. The molecule has 1 aromatic heterocycles. The van der Waals surface area contributed by atoms with Gasteiger partial charge in [0.05, 0.1) is 11.0 Å². The van der Waals surface area contributed by atoms with Crippen LogP contribution in [0, 0.1) is 5.82 Å². The number of hydrogen-bond donors (Lipinski definition) is 1. The predicted octanol–water partition coefficient (Wildman–Crippen LogP) is 3.87. The van der Waals surface area contributed by atoms with Crippen LogP contribution in [0.25, 0.3) is 16.7 Å². The molecule has 1 heterocycles. The van der Waals surface area contributed by atoms with E-state index in [-0.39, 0.29) is 5.82 Å². The first-order valence-electron chi connectivity index (χ1n) is 6.60. The fraction of sp³-hybridized carbons (Fsp3) is 0.188. The summed E-state index contributed by atoms with van der Waals surface area (Å²) in [7, 11) is 0. The fourth-order valence-corrected chi connectivity index (χ4v) is 2.36. The smallest absolute Gasteiger partial charge is 0.205 e. The minimum absolute atomic E-state index is 0.293. The van der Waals surface area contributed by atoms with Gasteiger partial charge in [0.15, 0.2) is 0 Å². The third-order valence-corrected chi connectivity index (χ3v) is 3.44. The molecule has 2 aromatic carbocycles. The van der Waals surface area contributed by atoms with Crippen LogP contribution < -0.4 is 5.73 Å². The highest BCUT2D eigenvalue weighted by atomic mass is 19.1. The summed E-state index contributed by atoms with van der Waals surface area (Å²) in [6, 6.07) is 12.6. The average molecular weight is 269 g/mol. The van der Waals surface area contributed by atoms with Gasteiger partial charge in [0.25, 0.3) is 0 Å². The molecule has 0 bridgehead atoms. The molecule has 2 N–H and O–H groups in total. The number of aromatic nitrogens is 2. The minimum Gasteiger partial charge on any atom is -0.369 e. The number of nitrogens with two attached hydrogens (primary N) is 1. The lowest BCUT2D eigenvalue weighted by molar-refractivity contribution is 0.629. The summed E-state index contributed by atoms with van der Waals surface area (Å²) in [6.45, 7) is 4.27. The lowest BCUT2D eigenvalue weighted by Crippen LogP contribution is -2.01. The molecular weight excluding hydrogens is 253 g/mol. The van der Waals surface area contributed by atoms with E-state index in [0.717, 1.165) is 5.69 Å². The van der Waals surface area contributed by atoms with E-state index in [1.54, 1.807) is 10.6 Å². The Morgan fingerprint density at radius 2 is 1.95 bits per heavy atom. The van der Waals surface area contributed by atoms with E-state index in [4.69, 9.17) is 5.73 Å². The van der Waals surface area contributed by atoms with Crippen LogP contribution in [0.3, 0.4) is 0 Å². The second-order valence-corrected chi connectivity index (χ2v) is 5.19. The molecule has 0 fully saturated rings. The normalized spacial score (nSPS) is 11.4. The molecule has 0 unspecified atom stereocenters. The van der Waals surface area contributed by atoms with Gasteiger partial charge in [-0.1, -0.05) is 26.0 Å². The summed E-state index contributed by atoms with van der Waals surface area (Å²) in [6.07, 6.45) is 0. The van der Waals surface area contributed by atoms with Crippen molar-refractivity contribution < 1.29 is 4.39 Å². The van der Waals surface area contributed by atoms with Crippen molar-refractivity contribution in [2.75, 3.05) is 5.73 Å². The molecule has 3 rings (SSSR count). The lowest BCUT2D eigenvalue weighted by atomic mass is 10.0. The highest BCUT2D eigenvalue weighted by Crippen LogP contribution is 2.25. The zero-order valence-electron chi connectivity index (χ0n) is 11.5. The van der Waals surface area contributed by atoms with Gasteiger partial charge in [-0.2, -0.15) is 0 Å². The van der Waals surface area contributed by atoms with Crippen molar-refractivity contribution >= 4 is 17.0 Å². The van der Waals surface area contributed by atoms with Crippen molar-refractivity contribution in [3.8, 4) is 5.69 Å². The minimum atomic E-state index is -0.293. The van der Waals surface area contributed by atoms with Crippen molar-refractivity contribution in [1.29, 1.82) is 0 Å². The van der Waals surface area contributed by atoms with Crippen LogP contribution in [0.15, 0.2) is 42.5 Å². The maximum atomic E-state index is 13.5. The third kappa shape index (κ3) is 2.03. The summed E-state index contributed by atoms with van der Waals surface area (Å²) in [5, 5.41) is 0. The van der Waals surface area contributed by atoms with E-state index in [1.807, 2.05) is 12.1 Å². The number of benzene rings is 2. The number of nitrogen functional groups attached to an aromatic ring is 1. The molecule has 0 saturated carbocycles. The Hall–Kier alpha value is -2.36. The van der Waals surface area contributed by atoms with Gasteiger partial charge in [0.2, 0.25) is 5.95 Å². The average Bonchev–Trinajstić information content (AvgIpc) is 2.74. The van der Waals surface area contributed by atoms with Crippen LogP contribution in [0.5, 0.6) is 0 Å². The van der Waals surface area contributed by atoms with Gasteiger partial charge >= 0.3 is 0 Å². The van der Waals surface area contributed by atoms with Gasteiger partial charge in [-0.3, -0.25) is 4.57 Å². The Labute approximate surface area is 116 Å². The van der Waals surface area contributed by atoms with Crippen molar-refractivity contribution in [2.24, 2.45) is 0 Å². The maximum absolute atomic E-state index is 13.5. The van der Waals surface area contributed by atoms with Gasteiger partial charge in [-0.15, -0.1) is 0 Å². The zero-order chi connectivity index (χ0) is 14.3. The molecule has 0 amide bonds. The second-order valence-electron chi connectivity index (χ2n) is 5.19. The third-order valence-electron chi connectivity index (χ3n) is 3.44. The number of fused-ring (bicyclic) bond motifs is 1. The molecule has 0 aliphatic carbocycles. The highest BCUT2D eigenvalue weighted by Gasteiger charge is 2.11. The lowest BCUT2D eigenvalue weighted by Gasteiger charge is -2.10. The molecule has 20 heavy (non-hydrogen) atoms. The fourth-order valence-electron chi connectivity index (χ4n) is 2.36. The Morgan fingerprint density at radius 3 is 2.70 bits per heavy atom. The molecule has 3 aromatic rings. The maximum Gasteiger partial charge on any atom is 0.205 e. The van der Waals surface area contributed by atoms with Crippen LogP contribution >= 0.6 is 0 Å². The van der Waals surface area contributed by atoms with Crippen LogP contribution in [0.4, 0.5) is 10.3 Å². The first-order chi connectivity index (χ1) is 9.56. The molecule has 0 aliphatic rings. The molecule has 0 aliphatic heterocycles. The Balaban J connectivity index is 2.26. The molecule has 0 spiro atoms. The highest BCUT2D eigenvalue weighted by molar-refractivity contribution is 5.80.